The summed E-state index contributed by atoms with van der Waals surface area (Å²) in [5, 5.41) is 2.77. The van der Waals surface area contributed by atoms with Crippen LogP contribution in [0, 0.1) is 0 Å². The van der Waals surface area contributed by atoms with Gasteiger partial charge in [-0.05, 0) is 37.0 Å². The van der Waals surface area contributed by atoms with Crippen LogP contribution in [-0.4, -0.2) is 29.3 Å². The number of nitrogens with one attached hydrogen (secondary N) is 1. The summed E-state index contributed by atoms with van der Waals surface area (Å²) < 4.78 is 5.03. The first-order chi connectivity index (χ1) is 11.7. The molecule has 0 spiro atoms. The summed E-state index contributed by atoms with van der Waals surface area (Å²) in [7, 11) is 0. The minimum absolute atomic E-state index is 0.161. The van der Waals surface area contributed by atoms with Gasteiger partial charge >= 0.3 is 0 Å². The van der Waals surface area contributed by atoms with Gasteiger partial charge in [-0.25, -0.2) is 0 Å². The van der Waals surface area contributed by atoms with Crippen molar-refractivity contribution in [2.45, 2.75) is 38.3 Å². The highest BCUT2D eigenvalue weighted by atomic mass is 16.3. The van der Waals surface area contributed by atoms with E-state index in [2.05, 4.69) is 5.32 Å². The van der Waals surface area contributed by atoms with Crippen LogP contribution in [0.15, 0.2) is 53.1 Å². The van der Waals surface area contributed by atoms with E-state index in [0.29, 0.717) is 37.7 Å². The second-order valence-electron chi connectivity index (χ2n) is 6.08. The fourth-order valence-corrected chi connectivity index (χ4v) is 2.67. The molecular formula is C19H22N2O3. The fourth-order valence-electron chi connectivity index (χ4n) is 2.67. The normalized spacial score (nSPS) is 13.5. The highest BCUT2D eigenvalue weighted by molar-refractivity contribution is 5.91. The van der Waals surface area contributed by atoms with Crippen molar-refractivity contribution in [3.63, 3.8) is 0 Å². The molecule has 1 saturated carbocycles. The Hall–Kier alpha value is -2.56. The number of hydrogen-bond donors (Lipinski definition) is 1. The maximum Gasteiger partial charge on any atom is 0.286 e. The van der Waals surface area contributed by atoms with Gasteiger partial charge in [-0.15, -0.1) is 0 Å². The van der Waals surface area contributed by atoms with Crippen molar-refractivity contribution in [2.24, 2.45) is 0 Å². The summed E-state index contributed by atoms with van der Waals surface area (Å²) in [6.45, 7) is 1.14. The summed E-state index contributed by atoms with van der Waals surface area (Å²) in [6, 6.07) is 13.7. The first-order valence-corrected chi connectivity index (χ1v) is 8.39. The van der Waals surface area contributed by atoms with Crippen LogP contribution in [0.3, 0.4) is 0 Å². The van der Waals surface area contributed by atoms with Crippen LogP contribution in [0.1, 0.15) is 41.8 Å². The van der Waals surface area contributed by atoms with Gasteiger partial charge in [0.1, 0.15) is 0 Å². The van der Waals surface area contributed by atoms with Crippen molar-refractivity contribution in [1.29, 1.82) is 0 Å². The SMILES string of the molecule is O=C(NCCCC(=O)N(Cc1ccccc1)C1CC1)c1ccco1. The predicted molar refractivity (Wildman–Crippen MR) is 90.3 cm³/mol. The second-order valence-corrected chi connectivity index (χ2v) is 6.08. The highest BCUT2D eigenvalue weighted by Gasteiger charge is 2.32. The zero-order valence-electron chi connectivity index (χ0n) is 13.6. The third kappa shape index (κ3) is 4.47. The molecule has 1 aromatic carbocycles. The molecule has 5 nitrogen and oxygen atoms in total. The van der Waals surface area contributed by atoms with Gasteiger partial charge in [0.15, 0.2) is 5.76 Å². The molecule has 5 heteroatoms. The number of amides is 2. The van der Waals surface area contributed by atoms with E-state index in [-0.39, 0.29) is 11.8 Å². The molecule has 1 heterocycles. The molecule has 0 radical (unpaired) electrons. The molecule has 2 aromatic rings. The van der Waals surface area contributed by atoms with E-state index in [1.165, 1.54) is 6.26 Å². The van der Waals surface area contributed by atoms with Crippen LogP contribution >= 0.6 is 0 Å². The summed E-state index contributed by atoms with van der Waals surface area (Å²) in [5.74, 6) is 0.217. The van der Waals surface area contributed by atoms with Crippen LogP contribution in [0.2, 0.25) is 0 Å². The number of carbonyl (C=O) groups excluding carboxylic acids is 2. The zero-order chi connectivity index (χ0) is 16.8. The highest BCUT2D eigenvalue weighted by Crippen LogP contribution is 2.29. The molecule has 24 heavy (non-hydrogen) atoms. The van der Waals surface area contributed by atoms with Gasteiger partial charge < -0.3 is 14.6 Å². The van der Waals surface area contributed by atoms with Crippen molar-refractivity contribution in [3.8, 4) is 0 Å². The molecule has 1 aliphatic carbocycles. The van der Waals surface area contributed by atoms with E-state index in [1.807, 2.05) is 35.2 Å². The van der Waals surface area contributed by atoms with Crippen molar-refractivity contribution >= 4 is 11.8 Å². The van der Waals surface area contributed by atoms with E-state index >= 15 is 0 Å². The van der Waals surface area contributed by atoms with Crippen molar-refractivity contribution in [2.75, 3.05) is 6.54 Å². The Bertz CT molecular complexity index is 663. The van der Waals surface area contributed by atoms with E-state index in [9.17, 15) is 9.59 Å². The largest absolute Gasteiger partial charge is 0.459 e. The van der Waals surface area contributed by atoms with E-state index < -0.39 is 0 Å². The Morgan fingerprint density at radius 1 is 1.12 bits per heavy atom. The zero-order valence-corrected chi connectivity index (χ0v) is 13.6. The third-order valence-corrected chi connectivity index (χ3v) is 4.10. The summed E-state index contributed by atoms with van der Waals surface area (Å²) in [5.41, 5.74) is 1.16. The topological polar surface area (TPSA) is 62.6 Å². The van der Waals surface area contributed by atoms with Crippen LogP contribution in [0.25, 0.3) is 0 Å². The molecule has 3 rings (SSSR count). The third-order valence-electron chi connectivity index (χ3n) is 4.10. The van der Waals surface area contributed by atoms with Gasteiger partial charge in [-0.2, -0.15) is 0 Å². The Morgan fingerprint density at radius 2 is 1.92 bits per heavy atom. The molecule has 0 atom stereocenters. The molecule has 0 aliphatic heterocycles. The van der Waals surface area contributed by atoms with Crippen molar-refractivity contribution < 1.29 is 14.0 Å². The Balaban J connectivity index is 1.43. The van der Waals surface area contributed by atoms with Crippen molar-refractivity contribution in [1.82, 2.24) is 10.2 Å². The van der Waals surface area contributed by atoms with Gasteiger partial charge in [0, 0.05) is 25.6 Å². The molecule has 126 valence electrons. The summed E-state index contributed by atoms with van der Waals surface area (Å²) >= 11 is 0. The number of carbonyl (C=O) groups is 2. The van der Waals surface area contributed by atoms with Gasteiger partial charge in [-0.1, -0.05) is 30.3 Å². The Morgan fingerprint density at radius 3 is 2.58 bits per heavy atom. The fraction of sp³-hybridized carbons (Fsp3) is 0.368. The minimum atomic E-state index is -0.240. The second kappa shape index (κ2) is 7.81. The molecule has 2 amide bonds. The molecule has 0 bridgehead atoms. The average molecular weight is 326 g/mol. The van der Waals surface area contributed by atoms with Crippen LogP contribution in [0.4, 0.5) is 0 Å². The lowest BCUT2D eigenvalue weighted by Gasteiger charge is -2.22. The van der Waals surface area contributed by atoms with E-state index in [1.54, 1.807) is 12.1 Å². The van der Waals surface area contributed by atoms with Crippen LogP contribution in [0.5, 0.6) is 0 Å². The molecule has 1 aliphatic rings. The number of nitrogens with zero attached hydrogens (tertiary/aromatic N) is 1. The number of benzene rings is 1. The number of hydrogen-bond acceptors (Lipinski definition) is 3. The Labute approximate surface area is 141 Å². The molecule has 1 N–H and O–H groups in total. The molecular weight excluding hydrogens is 304 g/mol. The summed E-state index contributed by atoms with van der Waals surface area (Å²) in [4.78, 5) is 26.2. The van der Waals surface area contributed by atoms with E-state index in [4.69, 9.17) is 4.42 Å². The van der Waals surface area contributed by atoms with Gasteiger partial charge in [0.25, 0.3) is 5.91 Å². The number of furan rings is 1. The summed E-state index contributed by atoms with van der Waals surface area (Å²) in [6.07, 6.45) is 4.72. The average Bonchev–Trinajstić information content (AvgIpc) is 3.29. The van der Waals surface area contributed by atoms with Gasteiger partial charge in [-0.3, -0.25) is 9.59 Å². The van der Waals surface area contributed by atoms with E-state index in [0.717, 1.165) is 18.4 Å². The Kier molecular flexibility index (Phi) is 5.31. The minimum Gasteiger partial charge on any atom is -0.459 e. The van der Waals surface area contributed by atoms with Crippen LogP contribution < -0.4 is 5.32 Å². The molecule has 0 unspecified atom stereocenters. The van der Waals surface area contributed by atoms with Gasteiger partial charge in [0.2, 0.25) is 5.91 Å². The predicted octanol–water partition coefficient (Wildman–Crippen LogP) is 2.98. The maximum atomic E-state index is 12.5. The number of rotatable bonds is 8. The molecule has 0 saturated heterocycles. The van der Waals surface area contributed by atoms with Crippen LogP contribution in [-0.2, 0) is 11.3 Å². The molecule has 1 fully saturated rings. The smallest absolute Gasteiger partial charge is 0.286 e. The van der Waals surface area contributed by atoms with Crippen molar-refractivity contribution in [3.05, 3.63) is 60.1 Å². The maximum absolute atomic E-state index is 12.5. The standard InChI is InChI=1S/C19H22N2O3/c22-18(9-4-12-20-19(23)17-8-5-13-24-17)21(16-10-11-16)14-15-6-2-1-3-7-15/h1-3,5-8,13,16H,4,9-12,14H2,(H,20,23). The first-order valence-electron chi connectivity index (χ1n) is 8.39. The van der Waals surface area contributed by atoms with Gasteiger partial charge in [0.05, 0.1) is 6.26 Å². The lowest BCUT2D eigenvalue weighted by Crippen LogP contribution is -2.33. The monoisotopic (exact) mass is 326 g/mol. The lowest BCUT2D eigenvalue weighted by molar-refractivity contribution is -0.132. The quantitative estimate of drug-likeness (QED) is 0.759. The molecule has 1 aromatic heterocycles. The lowest BCUT2D eigenvalue weighted by atomic mass is 10.2. The first kappa shape index (κ1) is 16.3.